The Bertz CT molecular complexity index is 838. The summed E-state index contributed by atoms with van der Waals surface area (Å²) in [5.74, 6) is 1.69. The van der Waals surface area contributed by atoms with Crippen LogP contribution in [-0.4, -0.2) is 60.0 Å². The van der Waals surface area contributed by atoms with Gasteiger partial charge >= 0.3 is 0 Å². The van der Waals surface area contributed by atoms with Gasteiger partial charge in [0.05, 0.1) is 12.7 Å². The Labute approximate surface area is 164 Å². The van der Waals surface area contributed by atoms with E-state index in [1.54, 1.807) is 18.9 Å². The molecule has 2 aromatic rings. The molecular formula is C21H27N3O4. The fourth-order valence-electron chi connectivity index (χ4n) is 4.11. The topological polar surface area (TPSA) is 79.0 Å². The van der Waals surface area contributed by atoms with E-state index in [1.165, 1.54) is 0 Å². The van der Waals surface area contributed by atoms with Gasteiger partial charge in [0.1, 0.15) is 11.3 Å². The number of carbonyl (C=O) groups excluding carboxylic acids is 1. The van der Waals surface area contributed by atoms with Crippen molar-refractivity contribution >= 4 is 11.7 Å². The summed E-state index contributed by atoms with van der Waals surface area (Å²) in [6, 6.07) is 7.42. The lowest BCUT2D eigenvalue weighted by atomic mass is 9.94. The minimum atomic E-state index is -0.862. The predicted molar refractivity (Wildman–Crippen MR) is 106 cm³/mol. The van der Waals surface area contributed by atoms with Crippen molar-refractivity contribution in [2.45, 2.75) is 38.2 Å². The Morgan fingerprint density at radius 3 is 2.54 bits per heavy atom. The number of hydrogen-bond donors (Lipinski definition) is 1. The fourth-order valence-corrected chi connectivity index (χ4v) is 4.11. The van der Waals surface area contributed by atoms with Crippen molar-refractivity contribution in [2.75, 3.05) is 38.2 Å². The first-order valence-corrected chi connectivity index (χ1v) is 9.89. The van der Waals surface area contributed by atoms with Crippen LogP contribution in [-0.2, 0) is 0 Å². The first-order valence-electron chi connectivity index (χ1n) is 9.89. The summed E-state index contributed by atoms with van der Waals surface area (Å²) in [7, 11) is 1.62. The number of methoxy groups -OCH3 is 1. The Morgan fingerprint density at radius 2 is 1.89 bits per heavy atom. The lowest BCUT2D eigenvalue weighted by Gasteiger charge is -2.37. The Hall–Kier alpha value is -2.54. The van der Waals surface area contributed by atoms with E-state index in [-0.39, 0.29) is 5.91 Å². The van der Waals surface area contributed by atoms with Crippen LogP contribution in [0.1, 0.15) is 43.0 Å². The fraction of sp³-hybridized carbons (Fsp3) is 0.524. The number of anilines is 1. The standard InChI is InChI=1S/C21H27N3O4/c1-21(26)10-5-13-24(14-21)20(25)17-18(15-6-8-16(27-2)9-7-15)28-22-19(17)23-11-3-4-12-23/h6-9,26H,3-5,10-14H2,1-2H3. The minimum Gasteiger partial charge on any atom is -0.497 e. The van der Waals surface area contributed by atoms with Gasteiger partial charge in [-0.15, -0.1) is 0 Å². The quantitative estimate of drug-likeness (QED) is 0.872. The molecule has 2 aliphatic heterocycles. The molecule has 7 heteroatoms. The highest BCUT2D eigenvalue weighted by Gasteiger charge is 2.36. The van der Waals surface area contributed by atoms with Crippen molar-refractivity contribution in [3.63, 3.8) is 0 Å². The molecular weight excluding hydrogens is 358 g/mol. The summed E-state index contributed by atoms with van der Waals surface area (Å²) in [5, 5.41) is 14.7. The molecule has 4 rings (SSSR count). The second-order valence-corrected chi connectivity index (χ2v) is 7.96. The third kappa shape index (κ3) is 3.58. The molecule has 3 heterocycles. The number of nitrogens with zero attached hydrogens (tertiary/aromatic N) is 3. The molecule has 1 aromatic heterocycles. The van der Waals surface area contributed by atoms with Gasteiger partial charge in [-0.05, 0) is 56.9 Å². The molecule has 0 bridgehead atoms. The Balaban J connectivity index is 1.73. The number of rotatable bonds is 4. The SMILES string of the molecule is COc1ccc(-c2onc(N3CCCC3)c2C(=O)N2CCCC(C)(O)C2)cc1. The average molecular weight is 385 g/mol. The van der Waals surface area contributed by atoms with Gasteiger partial charge in [-0.2, -0.15) is 0 Å². The van der Waals surface area contributed by atoms with E-state index >= 15 is 0 Å². The molecule has 1 atom stereocenters. The summed E-state index contributed by atoms with van der Waals surface area (Å²) >= 11 is 0. The number of ether oxygens (including phenoxy) is 1. The molecule has 0 spiro atoms. The van der Waals surface area contributed by atoms with Crippen molar-refractivity contribution in [3.8, 4) is 17.1 Å². The van der Waals surface area contributed by atoms with Gasteiger partial charge in [-0.25, -0.2) is 0 Å². The van der Waals surface area contributed by atoms with Crippen molar-refractivity contribution in [1.82, 2.24) is 10.1 Å². The number of piperidine rings is 1. The first kappa shape index (κ1) is 18.8. The second kappa shape index (κ2) is 7.47. The molecule has 150 valence electrons. The van der Waals surface area contributed by atoms with Crippen molar-refractivity contribution < 1.29 is 19.2 Å². The number of likely N-dealkylation sites (tertiary alicyclic amines) is 1. The molecule has 0 aliphatic carbocycles. The van der Waals surface area contributed by atoms with Crippen LogP contribution in [0.2, 0.25) is 0 Å². The van der Waals surface area contributed by atoms with Crippen LogP contribution in [0.5, 0.6) is 5.75 Å². The van der Waals surface area contributed by atoms with E-state index in [1.807, 2.05) is 24.3 Å². The molecule has 1 aromatic carbocycles. The lowest BCUT2D eigenvalue weighted by Crippen LogP contribution is -2.48. The number of hydrogen-bond acceptors (Lipinski definition) is 6. The van der Waals surface area contributed by atoms with Gasteiger partial charge in [0, 0.05) is 31.7 Å². The van der Waals surface area contributed by atoms with Crippen LogP contribution in [0.25, 0.3) is 11.3 Å². The highest BCUT2D eigenvalue weighted by Crippen LogP contribution is 2.35. The molecule has 0 radical (unpaired) electrons. The van der Waals surface area contributed by atoms with E-state index in [0.29, 0.717) is 36.7 Å². The van der Waals surface area contributed by atoms with Gasteiger partial charge in [-0.3, -0.25) is 4.79 Å². The highest BCUT2D eigenvalue weighted by atomic mass is 16.5. The van der Waals surface area contributed by atoms with Crippen LogP contribution in [0.3, 0.4) is 0 Å². The third-order valence-electron chi connectivity index (χ3n) is 5.61. The Morgan fingerprint density at radius 1 is 1.18 bits per heavy atom. The van der Waals surface area contributed by atoms with E-state index in [4.69, 9.17) is 9.26 Å². The summed E-state index contributed by atoms with van der Waals surface area (Å²) in [6.07, 6.45) is 3.64. The normalized spacial score (nSPS) is 22.5. The van der Waals surface area contributed by atoms with Crippen LogP contribution >= 0.6 is 0 Å². The van der Waals surface area contributed by atoms with Crippen molar-refractivity contribution in [3.05, 3.63) is 29.8 Å². The molecule has 28 heavy (non-hydrogen) atoms. The van der Waals surface area contributed by atoms with Crippen LogP contribution < -0.4 is 9.64 Å². The summed E-state index contributed by atoms with van der Waals surface area (Å²) in [6.45, 7) is 4.46. The number of amides is 1. The number of aliphatic hydroxyl groups is 1. The Kier molecular flexibility index (Phi) is 5.02. The molecule has 2 saturated heterocycles. The van der Waals surface area contributed by atoms with E-state index in [2.05, 4.69) is 10.1 Å². The molecule has 1 N–H and O–H groups in total. The number of benzene rings is 1. The number of aromatic nitrogens is 1. The summed E-state index contributed by atoms with van der Waals surface area (Å²) in [4.78, 5) is 17.3. The van der Waals surface area contributed by atoms with Gasteiger partial charge in [0.25, 0.3) is 5.91 Å². The van der Waals surface area contributed by atoms with E-state index in [0.717, 1.165) is 43.7 Å². The van der Waals surface area contributed by atoms with E-state index < -0.39 is 5.60 Å². The van der Waals surface area contributed by atoms with Gasteiger partial charge in [-0.1, -0.05) is 5.16 Å². The summed E-state index contributed by atoms with van der Waals surface area (Å²) < 4.78 is 10.9. The first-order chi connectivity index (χ1) is 13.5. The predicted octanol–water partition coefficient (Wildman–Crippen LogP) is 2.94. The van der Waals surface area contributed by atoms with E-state index in [9.17, 15) is 9.90 Å². The lowest BCUT2D eigenvalue weighted by molar-refractivity contribution is -0.0107. The molecule has 2 fully saturated rings. The van der Waals surface area contributed by atoms with Crippen molar-refractivity contribution in [2.24, 2.45) is 0 Å². The molecule has 1 amide bonds. The maximum absolute atomic E-state index is 13.5. The molecule has 7 nitrogen and oxygen atoms in total. The number of carbonyl (C=O) groups is 1. The van der Waals surface area contributed by atoms with Crippen LogP contribution in [0.15, 0.2) is 28.8 Å². The smallest absolute Gasteiger partial charge is 0.261 e. The van der Waals surface area contributed by atoms with Gasteiger partial charge < -0.3 is 24.2 Å². The molecule has 2 aliphatic rings. The maximum Gasteiger partial charge on any atom is 0.261 e. The number of β-amino-alcohol motifs (C(OH)–C–C–N with tert-alkyl or cyclic N) is 1. The zero-order valence-electron chi connectivity index (χ0n) is 16.5. The molecule has 1 unspecified atom stereocenters. The second-order valence-electron chi connectivity index (χ2n) is 7.96. The zero-order chi connectivity index (χ0) is 19.7. The third-order valence-corrected chi connectivity index (χ3v) is 5.61. The molecule has 0 saturated carbocycles. The zero-order valence-corrected chi connectivity index (χ0v) is 16.5. The van der Waals surface area contributed by atoms with Gasteiger partial charge in [0.15, 0.2) is 11.6 Å². The van der Waals surface area contributed by atoms with Gasteiger partial charge in [0.2, 0.25) is 0 Å². The maximum atomic E-state index is 13.5. The summed E-state index contributed by atoms with van der Waals surface area (Å²) in [5.41, 5.74) is 0.412. The average Bonchev–Trinajstić information content (AvgIpc) is 3.36. The minimum absolute atomic E-state index is 0.131. The van der Waals surface area contributed by atoms with Crippen molar-refractivity contribution in [1.29, 1.82) is 0 Å². The highest BCUT2D eigenvalue weighted by molar-refractivity contribution is 6.04. The van der Waals surface area contributed by atoms with Crippen LogP contribution in [0, 0.1) is 0 Å². The van der Waals surface area contributed by atoms with Crippen LogP contribution in [0.4, 0.5) is 5.82 Å². The monoisotopic (exact) mass is 385 g/mol. The largest absolute Gasteiger partial charge is 0.497 e.